The van der Waals surface area contributed by atoms with Gasteiger partial charge in [-0.15, -0.1) is 0 Å². The Kier molecular flexibility index (Phi) is 9.63. The zero-order valence-corrected chi connectivity index (χ0v) is 25.0. The summed E-state index contributed by atoms with van der Waals surface area (Å²) in [5, 5.41) is 2.62. The number of fused-ring (bicyclic) bond motifs is 1. The summed E-state index contributed by atoms with van der Waals surface area (Å²) in [4.78, 5) is 47.6. The molecule has 1 aliphatic heterocycles. The van der Waals surface area contributed by atoms with E-state index < -0.39 is 68.9 Å². The Labute approximate surface area is 251 Å². The van der Waals surface area contributed by atoms with Crippen molar-refractivity contribution < 1.29 is 41.8 Å². The minimum Gasteiger partial charge on any atom is -0.461 e. The van der Waals surface area contributed by atoms with Gasteiger partial charge in [0.25, 0.3) is 5.56 Å². The first-order valence-corrected chi connectivity index (χ1v) is 15.7. The number of benzene rings is 1. The second-order valence-electron chi connectivity index (χ2n) is 10.6. The number of rotatable bonds is 12. The number of alkyl halides is 1. The molecule has 3 heterocycles. The van der Waals surface area contributed by atoms with Crippen LogP contribution >= 0.6 is 7.75 Å². The van der Waals surface area contributed by atoms with E-state index >= 15 is 0 Å². The van der Waals surface area contributed by atoms with E-state index in [1.54, 1.807) is 30.3 Å². The van der Waals surface area contributed by atoms with Gasteiger partial charge in [-0.25, -0.2) is 9.55 Å². The Hall–Kier alpha value is -3.85. The number of aromatic nitrogens is 4. The molecule has 1 saturated carbocycles. The van der Waals surface area contributed by atoms with E-state index in [9.17, 15) is 23.3 Å². The van der Waals surface area contributed by atoms with Crippen LogP contribution in [0, 0.1) is 5.92 Å². The third-order valence-corrected chi connectivity index (χ3v) is 9.01. The average molecular weight is 637 g/mol. The second kappa shape index (κ2) is 13.4. The minimum atomic E-state index is -4.32. The summed E-state index contributed by atoms with van der Waals surface area (Å²) in [5.74, 6) is -2.45. The standard InChI is InChI=1S/C27H34FN6O9P/c1-15(26(37)41-17-8-6-7-9-17)33-44(38,43-18-10-4-3-5-11-18)39-13-20-19(12-28)22(40-16(2)35)25(42-20)34-14-30-21-23(34)31-27(29)32-24(21)36/h3-5,10-11,14-15,17,19-20,22,25H,6-9,12-13H2,1-2H3,(H,33,38)(H3,29,31,32,36)/t15-,19+,20+,22+,25+,44?/m0/s1. The molecule has 4 N–H and O–H groups in total. The molecule has 3 aromatic rings. The number of para-hydroxylation sites is 1. The number of halogens is 1. The van der Waals surface area contributed by atoms with E-state index in [4.69, 9.17) is 29.0 Å². The lowest BCUT2D eigenvalue weighted by molar-refractivity contribution is -0.154. The summed E-state index contributed by atoms with van der Waals surface area (Å²) in [6.45, 7) is 1.09. The summed E-state index contributed by atoms with van der Waals surface area (Å²) in [6.07, 6.45) is 0.890. The van der Waals surface area contributed by atoms with Crippen molar-refractivity contribution in [3.05, 3.63) is 47.0 Å². The molecule has 2 aromatic heterocycles. The predicted molar refractivity (Wildman–Crippen MR) is 153 cm³/mol. The lowest BCUT2D eigenvalue weighted by atomic mass is 10.00. The summed E-state index contributed by atoms with van der Waals surface area (Å²) >= 11 is 0. The molecule has 1 aliphatic carbocycles. The monoisotopic (exact) mass is 636 g/mol. The van der Waals surface area contributed by atoms with Crippen molar-refractivity contribution in [1.29, 1.82) is 0 Å². The molecule has 2 fully saturated rings. The number of aromatic amines is 1. The predicted octanol–water partition coefficient (Wildman–Crippen LogP) is 2.78. The lowest BCUT2D eigenvalue weighted by Crippen LogP contribution is -2.38. The summed E-state index contributed by atoms with van der Waals surface area (Å²) in [5.41, 5.74) is 5.05. The van der Waals surface area contributed by atoms with Crippen LogP contribution in [0.1, 0.15) is 45.8 Å². The van der Waals surface area contributed by atoms with Crippen LogP contribution in [0.5, 0.6) is 5.75 Å². The largest absolute Gasteiger partial charge is 0.461 e. The molecule has 1 unspecified atom stereocenters. The maximum Gasteiger partial charge on any atom is 0.459 e. The molecular weight excluding hydrogens is 602 g/mol. The Balaban J connectivity index is 1.38. The first kappa shape index (κ1) is 31.6. The fourth-order valence-electron chi connectivity index (χ4n) is 5.26. The highest BCUT2D eigenvalue weighted by atomic mass is 31.2. The summed E-state index contributed by atoms with van der Waals surface area (Å²) in [6, 6.07) is 7.07. The molecule has 6 atom stereocenters. The van der Waals surface area contributed by atoms with Crippen LogP contribution in [0.15, 0.2) is 41.5 Å². The van der Waals surface area contributed by atoms with Gasteiger partial charge >= 0.3 is 19.7 Å². The smallest absolute Gasteiger partial charge is 0.459 e. The van der Waals surface area contributed by atoms with Crippen molar-refractivity contribution >= 4 is 36.8 Å². The summed E-state index contributed by atoms with van der Waals surface area (Å²) in [7, 11) is -4.32. The molecule has 17 heteroatoms. The Morgan fingerprint density at radius 2 is 1.98 bits per heavy atom. The highest BCUT2D eigenvalue weighted by Crippen LogP contribution is 2.47. The number of carbonyl (C=O) groups is 2. The maximum absolute atomic E-state index is 14.6. The number of nitrogen functional groups attached to an aromatic ring is 1. The van der Waals surface area contributed by atoms with E-state index in [2.05, 4.69) is 20.0 Å². The lowest BCUT2D eigenvalue weighted by Gasteiger charge is -2.25. The van der Waals surface area contributed by atoms with Crippen LogP contribution < -0.4 is 20.9 Å². The summed E-state index contributed by atoms with van der Waals surface area (Å²) < 4.78 is 58.4. The number of ether oxygens (including phenoxy) is 3. The highest BCUT2D eigenvalue weighted by Gasteiger charge is 2.49. The second-order valence-corrected chi connectivity index (χ2v) is 12.3. The van der Waals surface area contributed by atoms with Crippen molar-refractivity contribution in [3.8, 4) is 5.75 Å². The van der Waals surface area contributed by atoms with E-state index in [0.29, 0.717) is 0 Å². The molecule has 0 amide bonds. The van der Waals surface area contributed by atoms with Gasteiger partial charge in [0.05, 0.1) is 31.6 Å². The third-order valence-electron chi connectivity index (χ3n) is 7.37. The molecule has 0 radical (unpaired) electrons. The number of anilines is 1. The first-order chi connectivity index (χ1) is 21.1. The third kappa shape index (κ3) is 7.09. The van der Waals surface area contributed by atoms with E-state index in [1.165, 1.54) is 17.8 Å². The molecule has 2 aliphatic rings. The molecule has 1 saturated heterocycles. The SMILES string of the molecule is CC(=O)O[C@@H]1[C@H](CF)[C@@H](COP(=O)(N[C@@H](C)C(=O)OC2CCCC2)Oc2ccccc2)O[C@H]1n1cnc2c(=O)[nH]c(N)nc21. The van der Waals surface area contributed by atoms with Crippen LogP contribution in [0.3, 0.4) is 0 Å². The molecule has 5 rings (SSSR count). The number of nitrogens with one attached hydrogen (secondary N) is 2. The molecule has 0 bridgehead atoms. The van der Waals surface area contributed by atoms with Crippen molar-refractivity contribution in [1.82, 2.24) is 24.6 Å². The number of esters is 2. The quantitative estimate of drug-likeness (QED) is 0.194. The van der Waals surface area contributed by atoms with Crippen LogP contribution in [0.25, 0.3) is 11.2 Å². The van der Waals surface area contributed by atoms with Gasteiger partial charge in [0.15, 0.2) is 23.5 Å². The minimum absolute atomic E-state index is 0.0157. The van der Waals surface area contributed by atoms with E-state index in [1.807, 2.05) is 0 Å². The van der Waals surface area contributed by atoms with Crippen molar-refractivity contribution in [2.75, 3.05) is 19.0 Å². The number of nitrogens with two attached hydrogens (primary N) is 1. The van der Waals surface area contributed by atoms with Gasteiger partial charge < -0.3 is 24.5 Å². The van der Waals surface area contributed by atoms with Gasteiger partial charge in [0.2, 0.25) is 5.95 Å². The van der Waals surface area contributed by atoms with Gasteiger partial charge in [-0.3, -0.25) is 32.8 Å². The molecule has 44 heavy (non-hydrogen) atoms. The van der Waals surface area contributed by atoms with Gasteiger partial charge in [-0.1, -0.05) is 18.2 Å². The number of H-pyrrole nitrogens is 1. The Morgan fingerprint density at radius 3 is 2.66 bits per heavy atom. The van der Waals surface area contributed by atoms with Gasteiger partial charge in [0.1, 0.15) is 17.9 Å². The number of nitrogens with zero attached hydrogens (tertiary/aromatic N) is 3. The molecule has 238 valence electrons. The number of carbonyl (C=O) groups excluding carboxylic acids is 2. The average Bonchev–Trinajstić information content (AvgIpc) is 3.71. The van der Waals surface area contributed by atoms with Crippen molar-refractivity contribution in [2.24, 2.45) is 5.92 Å². The number of imidazole rings is 1. The van der Waals surface area contributed by atoms with Crippen LogP contribution in [-0.4, -0.2) is 69.1 Å². The van der Waals surface area contributed by atoms with Crippen molar-refractivity contribution in [2.45, 2.75) is 70.1 Å². The van der Waals surface area contributed by atoms with Crippen molar-refractivity contribution in [3.63, 3.8) is 0 Å². The van der Waals surface area contributed by atoms with E-state index in [-0.39, 0.29) is 29.0 Å². The number of hydrogen-bond acceptors (Lipinski definition) is 12. The maximum atomic E-state index is 14.6. The zero-order chi connectivity index (χ0) is 31.4. The van der Waals surface area contributed by atoms with Crippen LogP contribution in [0.2, 0.25) is 0 Å². The van der Waals surface area contributed by atoms with Crippen LogP contribution in [0.4, 0.5) is 10.3 Å². The Morgan fingerprint density at radius 1 is 1.25 bits per heavy atom. The molecular formula is C27H34FN6O9P. The van der Waals surface area contributed by atoms with Crippen LogP contribution in [-0.2, 0) is 32.9 Å². The number of hydrogen-bond donors (Lipinski definition) is 3. The normalized spacial score (nSPS) is 24.2. The zero-order valence-electron chi connectivity index (χ0n) is 24.1. The fraction of sp³-hybridized carbons (Fsp3) is 0.519. The van der Waals surface area contributed by atoms with Gasteiger partial charge in [0, 0.05) is 6.92 Å². The van der Waals surface area contributed by atoms with E-state index in [0.717, 1.165) is 32.6 Å². The first-order valence-electron chi connectivity index (χ1n) is 14.2. The topological polar surface area (TPSA) is 199 Å². The fourth-order valence-corrected chi connectivity index (χ4v) is 6.77. The highest BCUT2D eigenvalue weighted by molar-refractivity contribution is 7.52. The molecule has 0 spiro atoms. The van der Waals surface area contributed by atoms with Gasteiger partial charge in [-0.2, -0.15) is 10.1 Å². The Bertz CT molecular complexity index is 1580. The molecule has 15 nitrogen and oxygen atoms in total. The van der Waals surface area contributed by atoms with Gasteiger partial charge in [-0.05, 0) is 44.7 Å². The molecule has 1 aromatic carbocycles.